The van der Waals surface area contributed by atoms with Gasteiger partial charge < -0.3 is 10.6 Å². The molecule has 160 valence electrons. The summed E-state index contributed by atoms with van der Waals surface area (Å²) in [5, 5.41) is 10.2. The first-order valence-corrected chi connectivity index (χ1v) is 9.56. The van der Waals surface area contributed by atoms with E-state index >= 15 is 0 Å². The fourth-order valence-electron chi connectivity index (χ4n) is 4.40. The average Bonchev–Trinajstić information content (AvgIpc) is 3.18. The zero-order valence-electron chi connectivity index (χ0n) is 16.2. The van der Waals surface area contributed by atoms with Crippen molar-refractivity contribution in [2.75, 3.05) is 0 Å². The van der Waals surface area contributed by atoms with Gasteiger partial charge in [0.15, 0.2) is 0 Å². The summed E-state index contributed by atoms with van der Waals surface area (Å²) < 4.78 is 39.7. The van der Waals surface area contributed by atoms with Crippen molar-refractivity contribution >= 4 is 24.1 Å². The maximum atomic E-state index is 12.9. The summed E-state index contributed by atoms with van der Waals surface area (Å²) in [6.07, 6.45) is 0.265. The van der Waals surface area contributed by atoms with Crippen molar-refractivity contribution in [1.29, 1.82) is 0 Å². The number of rotatable bonds is 4. The molecular formula is C18H24ClF3N6O. The van der Waals surface area contributed by atoms with Gasteiger partial charge in [0.25, 0.3) is 11.6 Å². The van der Waals surface area contributed by atoms with Gasteiger partial charge in [0.05, 0.1) is 0 Å². The van der Waals surface area contributed by atoms with E-state index in [-0.39, 0.29) is 36.6 Å². The first kappa shape index (κ1) is 21.8. The summed E-state index contributed by atoms with van der Waals surface area (Å²) in [6, 6.07) is 1.18. The molecule has 2 saturated heterocycles. The Morgan fingerprint density at radius 2 is 1.86 bits per heavy atom. The minimum Gasteiger partial charge on any atom is -0.353 e. The van der Waals surface area contributed by atoms with Crippen molar-refractivity contribution in [3.8, 4) is 0 Å². The van der Waals surface area contributed by atoms with E-state index in [0.717, 1.165) is 22.9 Å². The molecule has 2 aromatic heterocycles. The number of hydrogen-bond donors (Lipinski definition) is 2. The maximum Gasteiger partial charge on any atom is 0.453 e. The van der Waals surface area contributed by atoms with Crippen LogP contribution >= 0.6 is 12.4 Å². The van der Waals surface area contributed by atoms with Crippen molar-refractivity contribution < 1.29 is 18.0 Å². The molecule has 2 bridgehead atoms. The number of aromatic nitrogens is 4. The van der Waals surface area contributed by atoms with Gasteiger partial charge in [0.1, 0.15) is 0 Å². The van der Waals surface area contributed by atoms with E-state index in [2.05, 4.69) is 25.7 Å². The van der Waals surface area contributed by atoms with Crippen molar-refractivity contribution in [3.05, 3.63) is 22.8 Å². The van der Waals surface area contributed by atoms with E-state index < -0.39 is 12.0 Å². The van der Waals surface area contributed by atoms with Crippen LogP contribution in [0.2, 0.25) is 0 Å². The number of piperidine rings is 1. The van der Waals surface area contributed by atoms with Crippen LogP contribution < -0.4 is 10.6 Å². The van der Waals surface area contributed by atoms with Crippen LogP contribution in [-0.2, 0) is 17.4 Å². The molecule has 7 nitrogen and oxygen atoms in total. The smallest absolute Gasteiger partial charge is 0.353 e. The number of carbonyl (C=O) groups is 1. The molecule has 2 fully saturated rings. The largest absolute Gasteiger partial charge is 0.453 e. The third kappa shape index (κ3) is 4.48. The molecule has 4 heterocycles. The van der Waals surface area contributed by atoms with Gasteiger partial charge in [-0.1, -0.05) is 0 Å². The quantitative estimate of drug-likeness (QED) is 0.775. The second kappa shape index (κ2) is 8.06. The van der Waals surface area contributed by atoms with Crippen molar-refractivity contribution in [3.63, 3.8) is 0 Å². The molecule has 2 aliphatic rings. The molecule has 0 aromatic carbocycles. The monoisotopic (exact) mass is 432 g/mol. The lowest BCUT2D eigenvalue weighted by atomic mass is 9.99. The number of halogens is 4. The number of carbonyl (C=O) groups excluding carboxylic acids is 1. The molecule has 2 atom stereocenters. The molecule has 11 heteroatoms. The molecule has 1 amide bonds. The van der Waals surface area contributed by atoms with E-state index in [1.165, 1.54) is 12.8 Å². The Balaban J connectivity index is 0.00000240. The zero-order valence-corrected chi connectivity index (χ0v) is 17.0. The molecule has 2 aromatic rings. The average molecular weight is 433 g/mol. The number of fused-ring (bicyclic) bond motifs is 3. The van der Waals surface area contributed by atoms with Gasteiger partial charge in [0.2, 0.25) is 5.91 Å². The molecule has 2 aliphatic heterocycles. The van der Waals surface area contributed by atoms with E-state index in [9.17, 15) is 18.0 Å². The number of nitrogens with zero attached hydrogens (tertiary/aromatic N) is 4. The molecular weight excluding hydrogens is 409 g/mol. The first-order chi connectivity index (χ1) is 13.2. The van der Waals surface area contributed by atoms with E-state index in [1.807, 2.05) is 0 Å². The SMILES string of the molecule is Cc1nc2nc(C(F)(F)F)nn2c(C)c1CCC(=O)NC1CC2CCC(C1)N2.Cl. The van der Waals surface area contributed by atoms with Crippen LogP contribution in [0.25, 0.3) is 5.78 Å². The Kier molecular flexibility index (Phi) is 6.05. The van der Waals surface area contributed by atoms with Gasteiger partial charge in [0, 0.05) is 35.9 Å². The third-order valence-electron chi connectivity index (χ3n) is 5.74. The second-order valence-electron chi connectivity index (χ2n) is 7.78. The van der Waals surface area contributed by atoms with Gasteiger partial charge in [-0.3, -0.25) is 4.79 Å². The predicted octanol–water partition coefficient (Wildman–Crippen LogP) is 2.51. The van der Waals surface area contributed by atoms with Crippen LogP contribution in [0.1, 0.15) is 54.9 Å². The Morgan fingerprint density at radius 1 is 1.21 bits per heavy atom. The highest BCUT2D eigenvalue weighted by Gasteiger charge is 2.37. The Hall–Kier alpha value is -1.94. The van der Waals surface area contributed by atoms with Gasteiger partial charge in [-0.2, -0.15) is 18.2 Å². The van der Waals surface area contributed by atoms with Crippen molar-refractivity contribution in [2.45, 2.75) is 76.7 Å². The van der Waals surface area contributed by atoms with E-state index in [4.69, 9.17) is 0 Å². The van der Waals surface area contributed by atoms with Crippen LogP contribution in [0.4, 0.5) is 13.2 Å². The summed E-state index contributed by atoms with van der Waals surface area (Å²) in [4.78, 5) is 20.0. The lowest BCUT2D eigenvalue weighted by Gasteiger charge is -2.29. The molecule has 0 saturated carbocycles. The Morgan fingerprint density at radius 3 is 2.48 bits per heavy atom. The highest BCUT2D eigenvalue weighted by Crippen LogP contribution is 2.28. The number of aryl methyl sites for hydroxylation is 2. The van der Waals surface area contributed by atoms with Crippen LogP contribution in [0, 0.1) is 13.8 Å². The molecule has 2 unspecified atom stereocenters. The standard InChI is InChI=1S/C18H23F3N6O.ClH/c1-9-14(10(2)27-17(22-9)25-16(26-27)18(19,20)21)5-6-15(28)24-13-7-11-3-4-12(8-13)23-11;/h11-13,23H,3-8H2,1-2H3,(H,24,28);1H. The minimum absolute atomic E-state index is 0. The number of hydrogen-bond acceptors (Lipinski definition) is 5. The lowest BCUT2D eigenvalue weighted by molar-refractivity contribution is -0.144. The highest BCUT2D eigenvalue weighted by atomic mass is 35.5. The maximum absolute atomic E-state index is 12.9. The van der Waals surface area contributed by atoms with Crippen LogP contribution in [0.15, 0.2) is 0 Å². The number of alkyl halides is 3. The summed E-state index contributed by atoms with van der Waals surface area (Å²) in [5.74, 6) is -1.33. The Labute approximate surface area is 172 Å². The Bertz CT molecular complexity index is 903. The second-order valence-corrected chi connectivity index (χ2v) is 7.78. The highest BCUT2D eigenvalue weighted by molar-refractivity contribution is 5.85. The van der Waals surface area contributed by atoms with Gasteiger partial charge in [-0.25, -0.2) is 9.50 Å². The molecule has 0 spiro atoms. The summed E-state index contributed by atoms with van der Waals surface area (Å²) >= 11 is 0. The molecule has 4 rings (SSSR count). The van der Waals surface area contributed by atoms with E-state index in [1.54, 1.807) is 13.8 Å². The minimum atomic E-state index is -4.62. The van der Waals surface area contributed by atoms with E-state index in [0.29, 0.717) is 29.9 Å². The molecule has 0 radical (unpaired) electrons. The van der Waals surface area contributed by atoms with Gasteiger partial charge in [-0.15, -0.1) is 17.5 Å². The van der Waals surface area contributed by atoms with Crippen molar-refractivity contribution in [2.24, 2.45) is 0 Å². The van der Waals surface area contributed by atoms with Crippen LogP contribution in [0.3, 0.4) is 0 Å². The normalized spacial score (nSPS) is 23.8. The molecule has 2 N–H and O–H groups in total. The summed E-state index contributed by atoms with van der Waals surface area (Å²) in [6.45, 7) is 3.39. The summed E-state index contributed by atoms with van der Waals surface area (Å²) in [7, 11) is 0. The fourth-order valence-corrected chi connectivity index (χ4v) is 4.40. The number of amides is 1. The third-order valence-corrected chi connectivity index (χ3v) is 5.74. The molecule has 0 aliphatic carbocycles. The summed E-state index contributed by atoms with van der Waals surface area (Å²) in [5.41, 5.74) is 1.82. The van der Waals surface area contributed by atoms with Crippen LogP contribution in [-0.4, -0.2) is 43.6 Å². The number of nitrogens with one attached hydrogen (secondary N) is 2. The first-order valence-electron chi connectivity index (χ1n) is 9.56. The predicted molar refractivity (Wildman–Crippen MR) is 102 cm³/mol. The topological polar surface area (TPSA) is 84.2 Å². The van der Waals surface area contributed by atoms with Gasteiger partial charge >= 0.3 is 6.18 Å². The molecule has 29 heavy (non-hydrogen) atoms. The zero-order chi connectivity index (χ0) is 20.1. The van der Waals surface area contributed by atoms with Gasteiger partial charge in [-0.05, 0) is 51.5 Å². The van der Waals surface area contributed by atoms with Crippen molar-refractivity contribution in [1.82, 2.24) is 30.2 Å². The lowest BCUT2D eigenvalue weighted by Crippen LogP contribution is -2.48. The van der Waals surface area contributed by atoms with Crippen LogP contribution in [0.5, 0.6) is 0 Å². The fraction of sp³-hybridized carbons (Fsp3) is 0.667.